The van der Waals surface area contributed by atoms with E-state index in [1.807, 2.05) is 60.7 Å². The van der Waals surface area contributed by atoms with Crippen LogP contribution in [-0.4, -0.2) is 23.1 Å². The van der Waals surface area contributed by atoms with Crippen LogP contribution in [0.1, 0.15) is 0 Å². The van der Waals surface area contributed by atoms with Gasteiger partial charge in [-0.1, -0.05) is 30.3 Å². The second-order valence-corrected chi connectivity index (χ2v) is 2.86. The summed E-state index contributed by atoms with van der Waals surface area (Å²) >= 11 is 4.81. The first-order valence-electron chi connectivity index (χ1n) is 4.03. The molecule has 0 heterocycles. The summed E-state index contributed by atoms with van der Waals surface area (Å²) < 4.78 is 0. The molecule has 16 heavy (non-hydrogen) atoms. The molecule has 2 rings (SSSR count). The van der Waals surface area contributed by atoms with Crippen LogP contribution in [0.5, 0.6) is 0 Å². The van der Waals surface area contributed by atoms with E-state index in [1.54, 1.807) is 0 Å². The molecule has 0 radical (unpaired) electrons. The van der Waals surface area contributed by atoms with Crippen molar-refractivity contribution in [1.82, 2.24) is 0 Å². The van der Waals surface area contributed by atoms with E-state index in [9.17, 15) is 0 Å². The van der Waals surface area contributed by atoms with E-state index in [2.05, 4.69) is 6.07 Å². The fourth-order valence-corrected chi connectivity index (χ4v) is 0.920. The van der Waals surface area contributed by atoms with Crippen molar-refractivity contribution in [2.45, 2.75) is 4.90 Å². The summed E-state index contributed by atoms with van der Waals surface area (Å²) in [6, 6.07) is 22.1. The number of benzene rings is 2. The van der Waals surface area contributed by atoms with Gasteiger partial charge in [0.2, 0.25) is 0 Å². The zero-order valence-electron chi connectivity index (χ0n) is 8.57. The van der Waals surface area contributed by atoms with Crippen LogP contribution >= 0.6 is 0 Å². The zero-order chi connectivity index (χ0) is 9.36. The van der Waals surface area contributed by atoms with Gasteiger partial charge in [0.05, 0.1) is 0 Å². The minimum Gasteiger partial charge on any atom is -1.00 e. The smallest absolute Gasteiger partial charge is 1.00 e. The van der Waals surface area contributed by atoms with Gasteiger partial charge in [-0.2, -0.15) is 41.3 Å². The van der Waals surface area contributed by atoms with Crippen molar-refractivity contribution in [3.05, 3.63) is 66.7 Å². The molecule has 0 atom stereocenters. The normalized spacial score (nSPS) is 6.75. The maximum absolute atomic E-state index is 4.81. The van der Waals surface area contributed by atoms with E-state index in [1.165, 1.54) is 0 Å². The third-order valence-electron chi connectivity index (χ3n) is 1.35. The molecule has 0 nitrogen and oxygen atoms in total. The molecule has 0 spiro atoms. The van der Waals surface area contributed by atoms with Crippen LogP contribution in [0, 0.1) is 6.07 Å². The second kappa shape index (κ2) is 15.4. The fraction of sp³-hybridized carbons (Fsp3) is 0. The van der Waals surface area contributed by atoms with Crippen LogP contribution in [0.2, 0.25) is 0 Å². The van der Waals surface area contributed by atoms with Crippen molar-refractivity contribution in [3.8, 4) is 0 Å². The molecule has 0 fully saturated rings. The Kier molecular flexibility index (Phi) is 20.9. The summed E-state index contributed by atoms with van der Waals surface area (Å²) in [4.78, 5) is 0.905. The van der Waals surface area contributed by atoms with E-state index < -0.39 is 0 Å². The molecule has 4 heteroatoms. The summed E-state index contributed by atoms with van der Waals surface area (Å²) in [6.07, 6.45) is 0. The minimum absolute atomic E-state index is 0. The Balaban J connectivity index is -0.000000179. The predicted molar refractivity (Wildman–Crippen MR) is 63.1 cm³/mol. The predicted octanol–water partition coefficient (Wildman–Crippen LogP) is -0.300. The Morgan fingerprint density at radius 3 is 1.44 bits per heavy atom. The zero-order valence-corrected chi connectivity index (χ0v) is 13.3. The van der Waals surface area contributed by atoms with Crippen LogP contribution < -0.4 is 17.0 Å². The van der Waals surface area contributed by atoms with E-state index >= 15 is 0 Å². The topological polar surface area (TPSA) is 0 Å². The SMILES string of the molecule is [Br-].[Cu+].[Mg+2].[S-]c1ccccc1.[c-]1ccccc1. The number of halogens is 1. The first-order valence-corrected chi connectivity index (χ1v) is 4.43. The van der Waals surface area contributed by atoms with Gasteiger partial charge in [0.15, 0.2) is 0 Å². The maximum atomic E-state index is 4.81. The summed E-state index contributed by atoms with van der Waals surface area (Å²) in [7, 11) is 0. The number of rotatable bonds is 0. The van der Waals surface area contributed by atoms with Crippen molar-refractivity contribution in [3.63, 3.8) is 0 Å². The van der Waals surface area contributed by atoms with Gasteiger partial charge >= 0.3 is 40.1 Å². The van der Waals surface area contributed by atoms with Gasteiger partial charge in [0.1, 0.15) is 0 Å². The average molecular weight is 354 g/mol. The van der Waals surface area contributed by atoms with Gasteiger partial charge in [-0.25, -0.2) is 0 Å². The molecule has 0 unspecified atom stereocenters. The summed E-state index contributed by atoms with van der Waals surface area (Å²) in [5.41, 5.74) is 0. The van der Waals surface area contributed by atoms with Gasteiger partial charge in [0.25, 0.3) is 0 Å². The van der Waals surface area contributed by atoms with Crippen molar-refractivity contribution in [1.29, 1.82) is 0 Å². The Labute approximate surface area is 140 Å². The third kappa shape index (κ3) is 12.5. The molecule has 0 saturated carbocycles. The van der Waals surface area contributed by atoms with Crippen LogP contribution in [0.4, 0.5) is 0 Å². The molecular formula is C12H10BrCuMgS. The molecule has 0 saturated heterocycles. The second-order valence-electron chi connectivity index (χ2n) is 2.39. The number of hydrogen-bond donors (Lipinski definition) is 0. The summed E-state index contributed by atoms with van der Waals surface area (Å²) in [6.45, 7) is 0. The van der Waals surface area contributed by atoms with Crippen LogP contribution in [0.3, 0.4) is 0 Å². The van der Waals surface area contributed by atoms with Crippen LogP contribution in [0.25, 0.3) is 0 Å². The molecule has 0 N–H and O–H groups in total. The van der Waals surface area contributed by atoms with Gasteiger partial charge in [-0.15, -0.1) is 0 Å². The average Bonchev–Trinajstić information content (AvgIpc) is 2.22. The monoisotopic (exact) mass is 352 g/mol. The molecule has 0 bridgehead atoms. The molecular weight excluding hydrogens is 344 g/mol. The Morgan fingerprint density at radius 2 is 1.25 bits per heavy atom. The Hall–Kier alpha value is 0.426. The molecule has 2 aromatic carbocycles. The van der Waals surface area contributed by atoms with Crippen molar-refractivity contribution < 1.29 is 34.1 Å². The Morgan fingerprint density at radius 1 is 0.812 bits per heavy atom. The van der Waals surface area contributed by atoms with Gasteiger partial charge in [-0.3, -0.25) is 0 Å². The van der Waals surface area contributed by atoms with E-state index in [-0.39, 0.29) is 57.1 Å². The summed E-state index contributed by atoms with van der Waals surface area (Å²) in [5, 5.41) is 0. The van der Waals surface area contributed by atoms with Crippen molar-refractivity contribution in [2.24, 2.45) is 0 Å². The first-order chi connectivity index (χ1) is 6.39. The molecule has 0 aliphatic carbocycles. The first kappa shape index (κ1) is 21.7. The third-order valence-corrected chi connectivity index (χ3v) is 1.62. The van der Waals surface area contributed by atoms with Crippen molar-refractivity contribution >= 4 is 35.7 Å². The maximum Gasteiger partial charge on any atom is 2.00 e. The molecule has 0 aromatic heterocycles. The van der Waals surface area contributed by atoms with Crippen LogP contribution in [-0.2, 0) is 29.7 Å². The summed E-state index contributed by atoms with van der Waals surface area (Å²) in [5.74, 6) is 0. The Bertz CT molecular complexity index is 292. The molecule has 84 valence electrons. The minimum atomic E-state index is 0. The molecule has 0 aliphatic rings. The molecule has 0 aliphatic heterocycles. The van der Waals surface area contributed by atoms with Gasteiger partial charge in [-0.05, 0) is 0 Å². The fourth-order valence-electron chi connectivity index (χ4n) is 0.762. The molecule has 2 aromatic rings. The number of hydrogen-bond acceptors (Lipinski definition) is 1. The van der Waals surface area contributed by atoms with E-state index in [4.69, 9.17) is 12.6 Å². The van der Waals surface area contributed by atoms with Gasteiger partial charge < -0.3 is 29.6 Å². The van der Waals surface area contributed by atoms with E-state index in [0.717, 1.165) is 4.90 Å². The molecule has 0 amide bonds. The van der Waals surface area contributed by atoms with Crippen molar-refractivity contribution in [2.75, 3.05) is 0 Å². The van der Waals surface area contributed by atoms with Crippen LogP contribution in [0.15, 0.2) is 65.6 Å². The van der Waals surface area contributed by atoms with Gasteiger partial charge in [0, 0.05) is 0 Å². The standard InChI is InChI=1S/C6H6S.C6H5.BrH.Cu.Mg/c7-6-4-2-1-3-5-6;1-2-4-6-5-3-1;;;/h1-5,7H;1-5H;1H;;/q;-1;;+1;+2/p-2. The van der Waals surface area contributed by atoms with E-state index in [0.29, 0.717) is 0 Å². The largest absolute Gasteiger partial charge is 2.00 e. The quantitative estimate of drug-likeness (QED) is 0.356.